The summed E-state index contributed by atoms with van der Waals surface area (Å²) in [5.74, 6) is -0.0540. The Morgan fingerprint density at radius 3 is 2.86 bits per heavy atom. The second kappa shape index (κ2) is 5.44. The summed E-state index contributed by atoms with van der Waals surface area (Å²) < 4.78 is 15.9. The van der Waals surface area contributed by atoms with Crippen LogP contribution in [0.15, 0.2) is 41.1 Å². The Hall–Kier alpha value is -2.55. The van der Waals surface area contributed by atoms with Crippen LogP contribution in [0.3, 0.4) is 0 Å². The molecule has 2 aromatic heterocycles. The Balaban J connectivity index is 1.97. The number of rotatable bonds is 3. The third kappa shape index (κ3) is 2.97. The summed E-state index contributed by atoms with van der Waals surface area (Å²) >= 11 is 3.27. The molecule has 3 rings (SSSR count). The van der Waals surface area contributed by atoms with Gasteiger partial charge in [-0.25, -0.2) is 9.07 Å². The van der Waals surface area contributed by atoms with Crippen molar-refractivity contribution in [2.75, 3.05) is 11.1 Å². The van der Waals surface area contributed by atoms with Crippen LogP contribution in [-0.2, 0) is 0 Å². The first-order chi connectivity index (χ1) is 10.1. The molecule has 0 aliphatic heterocycles. The lowest BCUT2D eigenvalue weighted by Gasteiger charge is -2.08. The van der Waals surface area contributed by atoms with Gasteiger partial charge in [0.2, 0.25) is 11.9 Å². The smallest absolute Gasteiger partial charge is 0.257 e. The Morgan fingerprint density at radius 2 is 2.10 bits per heavy atom. The molecule has 0 unspecified atom stereocenters. The maximum absolute atomic E-state index is 13.7. The second-order valence-electron chi connectivity index (χ2n) is 4.02. The molecule has 3 aromatic rings. The van der Waals surface area contributed by atoms with E-state index >= 15 is 0 Å². The lowest BCUT2D eigenvalue weighted by molar-refractivity contribution is 0.631. The molecular formula is C12H9BrFN7. The van der Waals surface area contributed by atoms with Gasteiger partial charge in [0.05, 0.1) is 5.69 Å². The zero-order valence-electron chi connectivity index (χ0n) is 10.5. The average Bonchev–Trinajstić information content (AvgIpc) is 2.96. The van der Waals surface area contributed by atoms with Gasteiger partial charge in [0.15, 0.2) is 0 Å². The van der Waals surface area contributed by atoms with Crippen LogP contribution in [-0.4, -0.2) is 24.7 Å². The normalized spacial score (nSPS) is 10.6. The van der Waals surface area contributed by atoms with E-state index in [-0.39, 0.29) is 23.5 Å². The maximum Gasteiger partial charge on any atom is 0.257 e. The summed E-state index contributed by atoms with van der Waals surface area (Å²) in [6.45, 7) is 0. The van der Waals surface area contributed by atoms with Crippen molar-refractivity contribution in [1.82, 2.24) is 24.7 Å². The number of hydrogen-bond acceptors (Lipinski definition) is 6. The lowest BCUT2D eigenvalue weighted by Crippen LogP contribution is -2.09. The van der Waals surface area contributed by atoms with Gasteiger partial charge in [-0.1, -0.05) is 15.9 Å². The summed E-state index contributed by atoms with van der Waals surface area (Å²) in [7, 11) is 0. The quantitative estimate of drug-likeness (QED) is 0.753. The van der Waals surface area contributed by atoms with Crippen molar-refractivity contribution in [3.63, 3.8) is 0 Å². The number of nitrogen functional groups attached to an aromatic ring is 1. The summed E-state index contributed by atoms with van der Waals surface area (Å²) in [6, 6.07) is 6.22. The molecule has 0 amide bonds. The Kier molecular flexibility index (Phi) is 3.48. The predicted octanol–water partition coefficient (Wildman–Crippen LogP) is 2.28. The minimum Gasteiger partial charge on any atom is -0.368 e. The molecule has 0 saturated carbocycles. The fourth-order valence-electron chi connectivity index (χ4n) is 1.64. The van der Waals surface area contributed by atoms with Gasteiger partial charge >= 0.3 is 0 Å². The topological polar surface area (TPSA) is 94.5 Å². The highest BCUT2D eigenvalue weighted by Crippen LogP contribution is 2.22. The van der Waals surface area contributed by atoms with E-state index in [0.29, 0.717) is 0 Å². The molecular weight excluding hydrogens is 341 g/mol. The van der Waals surface area contributed by atoms with Crippen LogP contribution in [0.5, 0.6) is 0 Å². The molecule has 21 heavy (non-hydrogen) atoms. The van der Waals surface area contributed by atoms with Crippen molar-refractivity contribution in [1.29, 1.82) is 0 Å². The van der Waals surface area contributed by atoms with Crippen molar-refractivity contribution >= 4 is 33.5 Å². The molecule has 0 aliphatic carbocycles. The van der Waals surface area contributed by atoms with Gasteiger partial charge in [0.25, 0.3) is 5.95 Å². The van der Waals surface area contributed by atoms with E-state index in [9.17, 15) is 4.39 Å². The maximum atomic E-state index is 13.7. The van der Waals surface area contributed by atoms with Gasteiger partial charge in [-0.3, -0.25) is 0 Å². The number of aromatic nitrogens is 5. The fourth-order valence-corrected chi connectivity index (χ4v) is 2.00. The lowest BCUT2D eigenvalue weighted by atomic mass is 10.3. The van der Waals surface area contributed by atoms with Crippen LogP contribution in [0.4, 0.5) is 22.0 Å². The molecule has 0 spiro atoms. The van der Waals surface area contributed by atoms with Crippen LogP contribution in [0.2, 0.25) is 0 Å². The summed E-state index contributed by atoms with van der Waals surface area (Å²) in [5.41, 5.74) is 5.86. The van der Waals surface area contributed by atoms with E-state index in [1.807, 2.05) is 0 Å². The van der Waals surface area contributed by atoms with E-state index in [2.05, 4.69) is 41.3 Å². The molecule has 3 N–H and O–H groups in total. The third-order valence-corrected chi connectivity index (χ3v) is 3.02. The van der Waals surface area contributed by atoms with E-state index < -0.39 is 5.82 Å². The number of nitrogens with zero attached hydrogens (tertiary/aromatic N) is 5. The molecule has 0 fully saturated rings. The van der Waals surface area contributed by atoms with Crippen molar-refractivity contribution in [2.45, 2.75) is 0 Å². The Morgan fingerprint density at radius 1 is 1.24 bits per heavy atom. The summed E-state index contributed by atoms with van der Waals surface area (Å²) in [5, 5.41) is 6.77. The molecule has 0 saturated heterocycles. The number of nitrogens with one attached hydrogen (secondary N) is 1. The molecule has 9 heteroatoms. The van der Waals surface area contributed by atoms with Crippen LogP contribution in [0, 0.1) is 5.82 Å². The molecule has 0 bridgehead atoms. The number of nitrogens with two attached hydrogens (primary N) is 1. The largest absolute Gasteiger partial charge is 0.368 e. The average molecular weight is 350 g/mol. The monoisotopic (exact) mass is 349 g/mol. The molecule has 0 aliphatic rings. The highest BCUT2D eigenvalue weighted by molar-refractivity contribution is 9.10. The Bertz CT molecular complexity index is 775. The predicted molar refractivity (Wildman–Crippen MR) is 78.7 cm³/mol. The molecule has 1 aromatic carbocycles. The van der Waals surface area contributed by atoms with E-state index in [1.165, 1.54) is 10.7 Å². The highest BCUT2D eigenvalue weighted by Gasteiger charge is 2.09. The summed E-state index contributed by atoms with van der Waals surface area (Å²) in [6.07, 6.45) is 3.25. The van der Waals surface area contributed by atoms with E-state index in [1.54, 1.807) is 30.6 Å². The van der Waals surface area contributed by atoms with Gasteiger partial charge in [-0.05, 0) is 24.3 Å². The number of hydrogen-bond donors (Lipinski definition) is 2. The number of halogens is 2. The molecule has 2 heterocycles. The first kappa shape index (κ1) is 13.4. The zero-order valence-corrected chi connectivity index (χ0v) is 12.1. The van der Waals surface area contributed by atoms with Gasteiger partial charge in [-0.2, -0.15) is 20.1 Å². The fraction of sp³-hybridized carbons (Fsp3) is 0. The first-order valence-electron chi connectivity index (χ1n) is 5.85. The van der Waals surface area contributed by atoms with Crippen molar-refractivity contribution in [3.8, 4) is 5.95 Å². The minimum atomic E-state index is -0.433. The first-order valence-corrected chi connectivity index (χ1v) is 6.65. The van der Waals surface area contributed by atoms with E-state index in [4.69, 9.17) is 5.73 Å². The van der Waals surface area contributed by atoms with Crippen LogP contribution >= 0.6 is 15.9 Å². The third-order valence-electron chi connectivity index (χ3n) is 2.53. The standard InChI is InChI=1S/C12H9BrFN7/c13-7-2-3-8(14)9(6-7)17-11-18-10(15)19-12(20-11)21-5-1-4-16-21/h1-6H,(H3,15,17,18,19,20). The summed E-state index contributed by atoms with van der Waals surface area (Å²) in [4.78, 5) is 12.0. The van der Waals surface area contributed by atoms with Gasteiger partial charge < -0.3 is 11.1 Å². The van der Waals surface area contributed by atoms with Gasteiger partial charge in [-0.15, -0.1) is 0 Å². The van der Waals surface area contributed by atoms with E-state index in [0.717, 1.165) is 4.47 Å². The molecule has 0 atom stereocenters. The van der Waals surface area contributed by atoms with Crippen molar-refractivity contribution in [2.24, 2.45) is 0 Å². The highest BCUT2D eigenvalue weighted by atomic mass is 79.9. The minimum absolute atomic E-state index is 0.00778. The van der Waals surface area contributed by atoms with Crippen molar-refractivity contribution in [3.05, 3.63) is 46.9 Å². The van der Waals surface area contributed by atoms with Crippen LogP contribution < -0.4 is 11.1 Å². The van der Waals surface area contributed by atoms with Crippen LogP contribution in [0.1, 0.15) is 0 Å². The van der Waals surface area contributed by atoms with Gasteiger partial charge in [0.1, 0.15) is 5.82 Å². The second-order valence-corrected chi connectivity index (χ2v) is 4.93. The molecule has 0 radical (unpaired) electrons. The Labute approximate surface area is 127 Å². The van der Waals surface area contributed by atoms with Crippen LogP contribution in [0.25, 0.3) is 5.95 Å². The number of anilines is 3. The molecule has 7 nitrogen and oxygen atoms in total. The molecule has 106 valence electrons. The SMILES string of the molecule is Nc1nc(Nc2cc(Br)ccc2F)nc(-n2cccn2)n1. The van der Waals surface area contributed by atoms with Crippen molar-refractivity contribution < 1.29 is 4.39 Å². The number of benzene rings is 1. The zero-order chi connectivity index (χ0) is 14.8. The van der Waals surface area contributed by atoms with Gasteiger partial charge in [0, 0.05) is 16.9 Å².